The van der Waals surface area contributed by atoms with Gasteiger partial charge in [-0.05, 0) is 37.7 Å². The Balaban J connectivity index is 1.64. The number of ether oxygens (including phenoxy) is 1. The second kappa shape index (κ2) is 8.45. The molecule has 134 valence electrons. The Labute approximate surface area is 149 Å². The van der Waals surface area contributed by atoms with E-state index in [1.807, 2.05) is 30.3 Å². The van der Waals surface area contributed by atoms with Gasteiger partial charge in [-0.2, -0.15) is 0 Å². The second-order valence-electron chi connectivity index (χ2n) is 6.87. The molecule has 25 heavy (non-hydrogen) atoms. The van der Waals surface area contributed by atoms with Gasteiger partial charge in [0.15, 0.2) is 6.10 Å². The van der Waals surface area contributed by atoms with Gasteiger partial charge in [0, 0.05) is 6.54 Å². The molecule has 1 aromatic rings. The highest BCUT2D eigenvalue weighted by atomic mass is 16.5. The molecule has 3 rings (SSSR count). The first-order valence-corrected chi connectivity index (χ1v) is 9.13. The summed E-state index contributed by atoms with van der Waals surface area (Å²) in [6, 6.07) is 9.51. The minimum absolute atomic E-state index is 0.0579. The molecule has 1 heterocycles. The monoisotopic (exact) mass is 341 g/mol. The third-order valence-corrected chi connectivity index (χ3v) is 5.05. The van der Waals surface area contributed by atoms with Crippen molar-refractivity contribution in [1.29, 1.82) is 0 Å². The summed E-state index contributed by atoms with van der Waals surface area (Å²) >= 11 is 0. The molecule has 0 spiro atoms. The molecule has 0 aromatic heterocycles. The van der Waals surface area contributed by atoms with Crippen molar-refractivity contribution in [2.24, 2.45) is 0 Å². The lowest BCUT2D eigenvalue weighted by atomic mass is 9.86. The van der Waals surface area contributed by atoms with E-state index in [1.165, 1.54) is 18.4 Å². The molecule has 1 N–H and O–H groups in total. The van der Waals surface area contributed by atoms with E-state index >= 15 is 0 Å². The quantitative estimate of drug-likeness (QED) is 0.583. The Morgan fingerprint density at radius 3 is 2.80 bits per heavy atom. The molecular weight excluding hydrogens is 314 g/mol. The molecule has 3 atom stereocenters. The van der Waals surface area contributed by atoms with Crippen LogP contribution in [0, 0.1) is 0 Å². The van der Waals surface area contributed by atoms with Gasteiger partial charge in [-0.25, -0.2) is 0 Å². The molecule has 1 amide bonds. The third-order valence-electron chi connectivity index (χ3n) is 5.05. The van der Waals surface area contributed by atoms with Crippen LogP contribution in [0.4, 0.5) is 0 Å². The van der Waals surface area contributed by atoms with Gasteiger partial charge in [-0.15, -0.1) is 6.58 Å². The number of amides is 1. The highest BCUT2D eigenvalue weighted by molar-refractivity contribution is 5.88. The van der Waals surface area contributed by atoms with Crippen molar-refractivity contribution in [2.45, 2.75) is 57.0 Å². The van der Waals surface area contributed by atoms with Gasteiger partial charge in [0.05, 0.1) is 18.8 Å². The number of rotatable bonds is 8. The third kappa shape index (κ3) is 4.20. The molecule has 1 fully saturated rings. The van der Waals surface area contributed by atoms with Crippen LogP contribution in [0.5, 0.6) is 0 Å². The summed E-state index contributed by atoms with van der Waals surface area (Å²) in [6.45, 7) is 4.55. The summed E-state index contributed by atoms with van der Waals surface area (Å²) < 4.78 is 5.87. The van der Waals surface area contributed by atoms with Gasteiger partial charge in [-0.1, -0.05) is 48.1 Å². The van der Waals surface area contributed by atoms with Gasteiger partial charge in [0.2, 0.25) is 0 Å². The highest BCUT2D eigenvalue weighted by Crippen LogP contribution is 2.31. The number of likely N-dealkylation sites (tertiary alicyclic amines) is 1. The minimum atomic E-state index is -0.595. The molecule has 4 heteroatoms. The van der Waals surface area contributed by atoms with E-state index in [9.17, 15) is 9.90 Å². The number of benzene rings is 1. The van der Waals surface area contributed by atoms with Crippen molar-refractivity contribution in [3.8, 4) is 0 Å². The average molecular weight is 341 g/mol. The maximum absolute atomic E-state index is 12.4. The van der Waals surface area contributed by atoms with Crippen LogP contribution in [0.3, 0.4) is 0 Å². The number of carbonyl (C=O) groups is 1. The molecule has 2 aliphatic rings. The first kappa shape index (κ1) is 17.9. The maximum Gasteiger partial charge on any atom is 0.254 e. The summed E-state index contributed by atoms with van der Waals surface area (Å²) in [5.41, 5.74) is 2.33. The molecule has 1 aliphatic heterocycles. The SMILES string of the molecule is C=CCN1C(=O)[C@H](OCc2ccccc2)[C@@H]1[C@H](O)CC1=CCCCC1. The van der Waals surface area contributed by atoms with Crippen LogP contribution in [-0.4, -0.2) is 40.7 Å². The van der Waals surface area contributed by atoms with Crippen LogP contribution in [0.25, 0.3) is 0 Å². The number of β-lactam (4-membered cyclic amide) rings is 1. The Bertz CT molecular complexity index is 625. The maximum atomic E-state index is 12.4. The number of hydrogen-bond acceptors (Lipinski definition) is 3. The zero-order valence-electron chi connectivity index (χ0n) is 14.6. The van der Waals surface area contributed by atoms with Crippen molar-refractivity contribution >= 4 is 5.91 Å². The number of carbonyl (C=O) groups excluding carboxylic acids is 1. The van der Waals surface area contributed by atoms with E-state index < -0.39 is 12.2 Å². The normalized spacial score (nSPS) is 24.4. The van der Waals surface area contributed by atoms with E-state index in [0.717, 1.165) is 18.4 Å². The fourth-order valence-electron chi connectivity index (χ4n) is 3.71. The van der Waals surface area contributed by atoms with Crippen molar-refractivity contribution < 1.29 is 14.6 Å². The van der Waals surface area contributed by atoms with Crippen LogP contribution >= 0.6 is 0 Å². The van der Waals surface area contributed by atoms with Gasteiger partial charge < -0.3 is 14.7 Å². The number of hydrogen-bond donors (Lipinski definition) is 1. The Kier molecular flexibility index (Phi) is 6.05. The van der Waals surface area contributed by atoms with Crippen LogP contribution in [0.1, 0.15) is 37.7 Å². The Hall–Kier alpha value is -1.91. The Morgan fingerprint density at radius 1 is 1.32 bits per heavy atom. The van der Waals surface area contributed by atoms with Gasteiger partial charge >= 0.3 is 0 Å². The molecule has 4 nitrogen and oxygen atoms in total. The van der Waals surface area contributed by atoms with Gasteiger partial charge in [-0.3, -0.25) is 4.79 Å². The van der Waals surface area contributed by atoms with Crippen molar-refractivity contribution in [1.82, 2.24) is 4.90 Å². The topological polar surface area (TPSA) is 49.8 Å². The number of aliphatic hydroxyl groups is 1. The van der Waals surface area contributed by atoms with Crippen LogP contribution in [0.15, 0.2) is 54.6 Å². The van der Waals surface area contributed by atoms with Crippen molar-refractivity contribution in [3.05, 3.63) is 60.2 Å². The lowest BCUT2D eigenvalue weighted by molar-refractivity contribution is -0.185. The summed E-state index contributed by atoms with van der Waals surface area (Å²) in [5.74, 6) is -0.0579. The van der Waals surface area contributed by atoms with E-state index in [1.54, 1.807) is 11.0 Å². The molecule has 0 saturated carbocycles. The van der Waals surface area contributed by atoms with Crippen molar-refractivity contribution in [2.75, 3.05) is 6.54 Å². The smallest absolute Gasteiger partial charge is 0.254 e. The second-order valence-corrected chi connectivity index (χ2v) is 6.87. The highest BCUT2D eigenvalue weighted by Gasteiger charge is 2.51. The summed E-state index contributed by atoms with van der Waals surface area (Å²) in [7, 11) is 0. The molecule has 0 bridgehead atoms. The standard InChI is InChI=1S/C21H27NO3/c1-2-13-22-19(18(23)14-16-9-5-3-6-10-16)20(21(22)24)25-15-17-11-7-4-8-12-17/h2,4,7-9,11-12,18-20,23H,1,3,5-6,10,13-15H2/t18-,19+,20-/m1/s1. The average Bonchev–Trinajstić information content (AvgIpc) is 2.64. The van der Waals surface area contributed by atoms with Crippen LogP contribution in [-0.2, 0) is 16.1 Å². The molecule has 1 aliphatic carbocycles. The number of allylic oxidation sites excluding steroid dienone is 1. The Morgan fingerprint density at radius 2 is 2.12 bits per heavy atom. The largest absolute Gasteiger partial charge is 0.391 e. The lowest BCUT2D eigenvalue weighted by Crippen LogP contribution is -2.69. The predicted molar refractivity (Wildman–Crippen MR) is 97.9 cm³/mol. The molecule has 1 aromatic carbocycles. The summed E-state index contributed by atoms with van der Waals surface area (Å²) in [6.07, 6.45) is 7.96. The lowest BCUT2D eigenvalue weighted by Gasteiger charge is -2.48. The molecule has 0 unspecified atom stereocenters. The first-order valence-electron chi connectivity index (χ1n) is 9.13. The summed E-state index contributed by atoms with van der Waals surface area (Å²) in [4.78, 5) is 14.1. The predicted octanol–water partition coefficient (Wildman–Crippen LogP) is 3.22. The zero-order valence-corrected chi connectivity index (χ0v) is 14.6. The fourth-order valence-corrected chi connectivity index (χ4v) is 3.71. The molecule has 0 radical (unpaired) electrons. The van der Waals surface area contributed by atoms with Crippen LogP contribution < -0.4 is 0 Å². The minimum Gasteiger partial charge on any atom is -0.391 e. The zero-order chi connectivity index (χ0) is 17.6. The summed E-state index contributed by atoms with van der Waals surface area (Å²) in [5, 5.41) is 10.8. The van der Waals surface area contributed by atoms with E-state index in [2.05, 4.69) is 12.7 Å². The van der Waals surface area contributed by atoms with E-state index in [4.69, 9.17) is 4.74 Å². The van der Waals surface area contributed by atoms with Gasteiger partial charge in [0.25, 0.3) is 5.91 Å². The first-order chi connectivity index (χ1) is 12.2. The number of nitrogens with zero attached hydrogens (tertiary/aromatic N) is 1. The molecular formula is C21H27NO3. The molecule has 1 saturated heterocycles. The van der Waals surface area contributed by atoms with Gasteiger partial charge in [0.1, 0.15) is 0 Å². The van der Waals surface area contributed by atoms with Crippen molar-refractivity contribution in [3.63, 3.8) is 0 Å². The fraction of sp³-hybridized carbons (Fsp3) is 0.476. The van der Waals surface area contributed by atoms with Crippen LogP contribution in [0.2, 0.25) is 0 Å². The van der Waals surface area contributed by atoms with E-state index in [0.29, 0.717) is 19.6 Å². The van der Waals surface area contributed by atoms with E-state index in [-0.39, 0.29) is 11.9 Å². The number of aliphatic hydroxyl groups excluding tert-OH is 1.